The van der Waals surface area contributed by atoms with E-state index in [1.54, 1.807) is 7.11 Å². The SMILES string of the molecule is CC(C)=CC(CC(C)(C)c1ccc(C)cc1)N(C)CC1CCOCC1.CC(C)=CC(CC(C)(C)c1ccc(Cl)cc1)N(C)CC1CCOCC1.CC(C)=CC(CCc1ccc(C)cc1)N1CCC(C2CCCCC2)CC1.COc1ccc(C(C)(C)CC(C=C(C)C)N(C)CC2CCOCC2)cc1. The fourth-order valence-electron chi connectivity index (χ4n) is 16.6. The average molecular weight is 1420 g/mol. The molecule has 1 aliphatic carbocycles. The Balaban J connectivity index is 0.000000214. The molecule has 4 saturated heterocycles. The monoisotopic (exact) mass is 1420 g/mol. The lowest BCUT2D eigenvalue weighted by atomic mass is 9.75. The third-order valence-corrected chi connectivity index (χ3v) is 23.4. The van der Waals surface area contributed by atoms with Crippen molar-refractivity contribution in [3.63, 3.8) is 0 Å². The predicted octanol–water partition coefficient (Wildman–Crippen LogP) is 22.7. The number of nitrogens with zero attached hydrogens (tertiary/aromatic N) is 4. The molecule has 4 aliphatic heterocycles. The first-order chi connectivity index (χ1) is 48.5. The Morgan fingerprint density at radius 3 is 1.12 bits per heavy atom. The number of benzene rings is 4. The van der Waals surface area contributed by atoms with E-state index in [2.05, 4.69) is 261 Å². The number of aryl methyl sites for hydroxylation is 3. The van der Waals surface area contributed by atoms with Gasteiger partial charge in [0.15, 0.2) is 0 Å². The van der Waals surface area contributed by atoms with Crippen LogP contribution in [0.3, 0.4) is 0 Å². The van der Waals surface area contributed by atoms with Crippen LogP contribution >= 0.6 is 11.6 Å². The van der Waals surface area contributed by atoms with Gasteiger partial charge in [-0.1, -0.05) is 216 Å². The van der Waals surface area contributed by atoms with Crippen LogP contribution in [0.2, 0.25) is 5.02 Å². The summed E-state index contributed by atoms with van der Waals surface area (Å²) in [5.41, 5.74) is 14.3. The molecule has 0 spiro atoms. The Kier molecular flexibility index (Phi) is 37.4. The van der Waals surface area contributed by atoms with Crippen molar-refractivity contribution in [2.45, 2.75) is 267 Å². The quantitative estimate of drug-likeness (QED) is 0.0522. The second kappa shape index (κ2) is 44.1. The highest BCUT2D eigenvalue weighted by Crippen LogP contribution is 2.39. The van der Waals surface area contributed by atoms with Crippen LogP contribution in [0.1, 0.15) is 239 Å². The van der Waals surface area contributed by atoms with Gasteiger partial charge in [-0.2, -0.15) is 0 Å². The van der Waals surface area contributed by atoms with Gasteiger partial charge in [0.2, 0.25) is 0 Å². The second-order valence-corrected chi connectivity index (χ2v) is 35.3. The third kappa shape index (κ3) is 31.2. The molecule has 0 amide bonds. The number of hydrogen-bond acceptors (Lipinski definition) is 8. The van der Waals surface area contributed by atoms with Crippen molar-refractivity contribution in [1.82, 2.24) is 19.6 Å². The second-order valence-electron chi connectivity index (χ2n) is 34.9. The zero-order valence-corrected chi connectivity index (χ0v) is 69.3. The Morgan fingerprint density at radius 2 is 0.775 bits per heavy atom. The summed E-state index contributed by atoms with van der Waals surface area (Å²) in [5.74, 6) is 5.25. The van der Waals surface area contributed by atoms with E-state index in [0.717, 1.165) is 112 Å². The Morgan fingerprint density at radius 1 is 0.451 bits per heavy atom. The molecule has 5 fully saturated rings. The van der Waals surface area contributed by atoms with Gasteiger partial charge in [0, 0.05) is 88.5 Å². The Bertz CT molecular complexity index is 2960. The molecule has 5 aliphatic rings. The zero-order valence-electron chi connectivity index (χ0n) is 68.5. The van der Waals surface area contributed by atoms with E-state index in [-0.39, 0.29) is 16.2 Å². The fourth-order valence-corrected chi connectivity index (χ4v) is 16.7. The van der Waals surface area contributed by atoms with Gasteiger partial charge in [0.25, 0.3) is 0 Å². The summed E-state index contributed by atoms with van der Waals surface area (Å²) in [6, 6.07) is 37.1. The first-order valence-corrected chi connectivity index (χ1v) is 40.6. The molecule has 0 aromatic heterocycles. The van der Waals surface area contributed by atoms with Gasteiger partial charge in [-0.05, 0) is 279 Å². The summed E-state index contributed by atoms with van der Waals surface area (Å²) in [4.78, 5) is 10.4. The lowest BCUT2D eigenvalue weighted by Gasteiger charge is -2.40. The molecule has 9 rings (SSSR count). The maximum Gasteiger partial charge on any atom is 0.118 e. The number of ether oxygens (including phenoxy) is 4. The Hall–Kier alpha value is -4.35. The number of allylic oxidation sites excluding steroid dienone is 4. The highest BCUT2D eigenvalue weighted by Gasteiger charge is 2.33. The third-order valence-electron chi connectivity index (χ3n) is 23.2. The molecule has 8 nitrogen and oxygen atoms in total. The van der Waals surface area contributed by atoms with Crippen molar-refractivity contribution in [3.8, 4) is 5.75 Å². The normalized spacial score (nSPS) is 18.5. The molecule has 0 N–H and O–H groups in total. The molecular formula is C93H147ClN4O4. The predicted molar refractivity (Wildman–Crippen MR) is 440 cm³/mol. The summed E-state index contributed by atoms with van der Waals surface area (Å²) in [7, 11) is 8.57. The van der Waals surface area contributed by atoms with Crippen molar-refractivity contribution in [2.75, 3.05) is 101 Å². The number of rotatable bonds is 28. The molecule has 4 aromatic rings. The molecule has 4 heterocycles. The number of halogens is 1. The van der Waals surface area contributed by atoms with Crippen LogP contribution in [-0.2, 0) is 36.9 Å². The van der Waals surface area contributed by atoms with Crippen LogP contribution in [0.4, 0.5) is 0 Å². The standard InChI is InChI=1S/C25H39N.C23H37NO2.C23H37NO.C22H34ClNO/c1-20(2)19-25(14-13-22-11-9-21(3)10-12-22)26-17-15-24(16-18-26)23-7-5-4-6-8-23;1-18(2)15-21(24(5)17-19-11-13-26-14-12-19)16-23(3,4)20-7-9-22(25-6)10-8-20;1-18(2)15-22(24(6)17-20-11-13-25-14-12-20)16-23(4,5)21-9-7-19(3)8-10-21;1-17(2)14-21(24(5)16-18-10-12-25-13-11-18)15-22(3,4)19-6-8-20(23)9-7-19/h9-12,19,23-25H,4-8,13-18H2,1-3H3;7-10,15,19,21H,11-14,16-17H2,1-6H3;7-10,15,20,22H,11-14,16-17H2,1-6H3;6-9,14,18,21H,10-13,15-16H2,1-5H3. The largest absolute Gasteiger partial charge is 0.497 e. The van der Waals surface area contributed by atoms with Crippen molar-refractivity contribution < 1.29 is 18.9 Å². The van der Waals surface area contributed by atoms with Crippen LogP contribution in [0, 0.1) is 43.4 Å². The maximum absolute atomic E-state index is 6.07. The zero-order chi connectivity index (χ0) is 74.4. The van der Waals surface area contributed by atoms with E-state index in [0.29, 0.717) is 24.2 Å². The van der Waals surface area contributed by atoms with Crippen molar-refractivity contribution in [3.05, 3.63) is 182 Å². The van der Waals surface area contributed by atoms with E-state index in [1.807, 2.05) is 12.1 Å². The van der Waals surface area contributed by atoms with Gasteiger partial charge in [-0.15, -0.1) is 0 Å². The van der Waals surface area contributed by atoms with E-state index in [9.17, 15) is 0 Å². The van der Waals surface area contributed by atoms with E-state index < -0.39 is 0 Å². The summed E-state index contributed by atoms with van der Waals surface area (Å²) >= 11 is 6.07. The van der Waals surface area contributed by atoms with Gasteiger partial charge < -0.3 is 18.9 Å². The summed E-state index contributed by atoms with van der Waals surface area (Å²) in [5, 5.41) is 0.803. The number of likely N-dealkylation sites (tertiary alicyclic amines) is 1. The molecule has 1 saturated carbocycles. The number of hydrogen-bond donors (Lipinski definition) is 0. The average Bonchev–Trinajstić information content (AvgIpc) is 0.841. The van der Waals surface area contributed by atoms with Gasteiger partial charge >= 0.3 is 0 Å². The van der Waals surface area contributed by atoms with Crippen molar-refractivity contribution in [2.24, 2.45) is 29.6 Å². The lowest BCUT2D eigenvalue weighted by molar-refractivity contribution is 0.0513. The first kappa shape index (κ1) is 86.6. The minimum atomic E-state index is 0.102. The molecule has 0 bridgehead atoms. The van der Waals surface area contributed by atoms with E-state index >= 15 is 0 Å². The van der Waals surface area contributed by atoms with Crippen LogP contribution in [0.15, 0.2) is 144 Å². The van der Waals surface area contributed by atoms with Crippen LogP contribution < -0.4 is 4.74 Å². The minimum Gasteiger partial charge on any atom is -0.497 e. The van der Waals surface area contributed by atoms with Crippen LogP contribution in [-0.4, -0.2) is 144 Å². The molecule has 102 heavy (non-hydrogen) atoms. The lowest BCUT2D eigenvalue weighted by Crippen LogP contribution is -2.42. The smallest absolute Gasteiger partial charge is 0.118 e. The molecule has 9 heteroatoms. The van der Waals surface area contributed by atoms with Crippen LogP contribution in [0.5, 0.6) is 5.75 Å². The van der Waals surface area contributed by atoms with Gasteiger partial charge in [0.1, 0.15) is 5.75 Å². The topological polar surface area (TPSA) is 49.9 Å². The molecule has 4 unspecified atom stereocenters. The van der Waals surface area contributed by atoms with Gasteiger partial charge in [-0.3, -0.25) is 19.6 Å². The molecule has 0 radical (unpaired) electrons. The molecule has 4 aromatic carbocycles. The van der Waals surface area contributed by atoms with Crippen molar-refractivity contribution >= 4 is 11.6 Å². The van der Waals surface area contributed by atoms with Crippen LogP contribution in [0.25, 0.3) is 0 Å². The minimum absolute atomic E-state index is 0.102. The summed E-state index contributed by atoms with van der Waals surface area (Å²) in [6.45, 7) is 47.8. The maximum atomic E-state index is 6.07. The highest BCUT2D eigenvalue weighted by molar-refractivity contribution is 6.30. The molecule has 570 valence electrons. The van der Waals surface area contributed by atoms with Crippen molar-refractivity contribution in [1.29, 1.82) is 0 Å². The highest BCUT2D eigenvalue weighted by atomic mass is 35.5. The number of methoxy groups -OCH3 is 1. The summed E-state index contributed by atoms with van der Waals surface area (Å²) in [6.07, 6.45) is 33.1. The van der Waals surface area contributed by atoms with E-state index in [1.165, 1.54) is 172 Å². The van der Waals surface area contributed by atoms with Gasteiger partial charge in [0.05, 0.1) is 7.11 Å². The Labute approximate surface area is 631 Å². The molecular weight excluding hydrogens is 1270 g/mol. The summed E-state index contributed by atoms with van der Waals surface area (Å²) < 4.78 is 21.9. The number of piperidine rings is 1. The number of likely N-dealkylation sites (N-methyl/N-ethyl adjacent to an activating group) is 3. The molecule has 4 atom stereocenters. The van der Waals surface area contributed by atoms with Gasteiger partial charge in [-0.25, -0.2) is 0 Å². The van der Waals surface area contributed by atoms with E-state index in [4.69, 9.17) is 30.5 Å². The first-order valence-electron chi connectivity index (χ1n) is 40.2. The fraction of sp³-hybridized carbons (Fsp3) is 0.656.